The van der Waals surface area contributed by atoms with Crippen molar-refractivity contribution < 1.29 is 32.0 Å². The fraction of sp³-hybridized carbons (Fsp3) is 0.0667. The molecule has 0 spiro atoms. The molecule has 0 saturated heterocycles. The zero-order valence-corrected chi connectivity index (χ0v) is 24.8. The van der Waals surface area contributed by atoms with E-state index in [1.165, 1.54) is 12.1 Å². The maximum atomic E-state index is 12.5. The van der Waals surface area contributed by atoms with Gasteiger partial charge in [-0.3, -0.25) is 0 Å². The Morgan fingerprint density at radius 3 is 1.79 bits per heavy atom. The molecule has 0 amide bonds. The molecule has 0 fully saturated rings. The summed E-state index contributed by atoms with van der Waals surface area (Å²) in [5.74, 6) is -1.47. The van der Waals surface area contributed by atoms with Gasteiger partial charge in [-0.15, -0.1) is 0 Å². The third-order valence-electron chi connectivity index (χ3n) is 3.08. The lowest BCUT2D eigenvalue weighted by atomic mass is 10.2. The Hall–Kier alpha value is 0.940. The van der Waals surface area contributed by atoms with Crippen LogP contribution in [0.25, 0.3) is 0 Å². The van der Waals surface area contributed by atoms with E-state index >= 15 is 0 Å². The van der Waals surface area contributed by atoms with Crippen LogP contribution in [0, 0.1) is 17.9 Å². The molecular weight excluding hydrogens is 959 g/mol. The fourth-order valence-corrected chi connectivity index (χ4v) is 7.49. The summed E-state index contributed by atoms with van der Waals surface area (Å²) in [4.78, 5) is 23.9. The summed E-state index contributed by atoms with van der Waals surface area (Å²) < 4.78 is 47.0. The number of halogens is 5. The van der Waals surface area contributed by atoms with E-state index in [0.717, 1.165) is 30.0 Å². The zero-order chi connectivity index (χ0) is 21.2. The monoisotopic (exact) mass is 965 g/mol. The number of carbonyl (C=O) groups is 2. The van der Waals surface area contributed by atoms with Crippen LogP contribution in [0.2, 0.25) is 0 Å². The smallest absolute Gasteiger partial charge is 0.349 e. The highest BCUT2D eigenvalue weighted by molar-refractivity contribution is 14.1. The highest BCUT2D eigenvalue weighted by atomic mass is 127. The van der Waals surface area contributed by atoms with Crippen molar-refractivity contribution in [2.24, 2.45) is 0 Å². The predicted octanol–water partition coefficient (Wildman–Crippen LogP) is 4.38. The number of ether oxygens (including phenoxy) is 2. The van der Waals surface area contributed by atoms with Crippen molar-refractivity contribution in [1.29, 1.82) is 0 Å². The van der Waals surface area contributed by atoms with Gasteiger partial charge >= 0.3 is 11.9 Å². The number of carbonyl (C=O) groups excluding carboxylic acids is 2. The Kier molecular flexibility index (Phi) is 9.45. The molecule has 2 rings (SSSR count). The van der Waals surface area contributed by atoms with E-state index in [1.807, 2.05) is 0 Å². The minimum Gasteiger partial charge on any atom is -0.744 e. The summed E-state index contributed by atoms with van der Waals surface area (Å²) in [5, 5.41) is 0. The van der Waals surface area contributed by atoms with Crippen LogP contribution >= 0.6 is 113 Å². The normalized spacial score (nSPS) is 11.2. The van der Waals surface area contributed by atoms with Gasteiger partial charge in [-0.05, 0) is 137 Å². The first kappa shape index (κ1) is 25.2. The fourth-order valence-electron chi connectivity index (χ4n) is 1.82. The van der Waals surface area contributed by atoms with Crippen LogP contribution in [0.5, 0.6) is 5.75 Å². The molecule has 0 aliphatic carbocycles. The molecular formula is C15H6I5O7S-. The van der Waals surface area contributed by atoms with Crippen molar-refractivity contribution in [1.82, 2.24) is 0 Å². The van der Waals surface area contributed by atoms with Gasteiger partial charge in [-0.2, -0.15) is 0 Å². The van der Waals surface area contributed by atoms with Gasteiger partial charge in [0.2, 0.25) is 0 Å². The number of hydrogen-bond donors (Lipinski definition) is 0. The molecule has 13 heteroatoms. The molecule has 0 aliphatic rings. The maximum Gasteiger partial charge on any atom is 0.349 e. The van der Waals surface area contributed by atoms with Crippen molar-refractivity contribution in [2.45, 2.75) is 4.90 Å². The van der Waals surface area contributed by atoms with E-state index in [1.54, 1.807) is 0 Å². The van der Waals surface area contributed by atoms with Gasteiger partial charge in [0.1, 0.15) is 15.9 Å². The molecule has 0 aromatic heterocycles. The molecule has 0 radical (unpaired) electrons. The van der Waals surface area contributed by atoms with Gasteiger partial charge in [0.25, 0.3) is 0 Å². The molecule has 150 valence electrons. The lowest BCUT2D eigenvalue weighted by molar-refractivity contribution is -0.137. The Balaban J connectivity index is 2.07. The standard InChI is InChI=1S/C15H7I5O7S/c16-10-9(11(17)13(19)14(20)12(10)18)15(22)26-5-8(21)27-6-1-3-7(4-2-6)28(23,24)25/h1-4H,5H2,(H,23,24,25)/p-1. The molecule has 0 atom stereocenters. The second kappa shape index (κ2) is 10.5. The van der Waals surface area contributed by atoms with E-state index < -0.39 is 33.6 Å². The SMILES string of the molecule is O=C(COC(=O)c1c(I)c(I)c(I)c(I)c1I)Oc1ccc(S(=O)(=O)[O-])cc1. The summed E-state index contributed by atoms with van der Waals surface area (Å²) in [6.45, 7) is -0.619. The number of benzene rings is 2. The van der Waals surface area contributed by atoms with Gasteiger partial charge in [0.05, 0.1) is 10.5 Å². The van der Waals surface area contributed by atoms with Gasteiger partial charge < -0.3 is 14.0 Å². The second-order valence-corrected chi connectivity index (χ2v) is 11.7. The van der Waals surface area contributed by atoms with E-state index in [-0.39, 0.29) is 5.75 Å². The predicted molar refractivity (Wildman–Crippen MR) is 140 cm³/mol. The molecule has 2 aromatic carbocycles. The Labute approximate surface area is 228 Å². The van der Waals surface area contributed by atoms with Gasteiger partial charge in [-0.25, -0.2) is 18.0 Å². The minimum atomic E-state index is -4.58. The van der Waals surface area contributed by atoms with Crippen molar-refractivity contribution in [3.63, 3.8) is 0 Å². The molecule has 0 heterocycles. The summed E-state index contributed by atoms with van der Waals surface area (Å²) in [6, 6.07) is 4.38. The van der Waals surface area contributed by atoms with Gasteiger partial charge in [0.15, 0.2) is 6.61 Å². The zero-order valence-electron chi connectivity index (χ0n) is 13.2. The second-order valence-electron chi connectivity index (χ2n) is 4.92. The molecule has 2 aromatic rings. The first-order chi connectivity index (χ1) is 12.9. The molecule has 0 unspecified atom stereocenters. The van der Waals surface area contributed by atoms with Crippen LogP contribution < -0.4 is 4.74 Å². The highest BCUT2D eigenvalue weighted by Gasteiger charge is 2.24. The maximum absolute atomic E-state index is 12.5. The van der Waals surface area contributed by atoms with Gasteiger partial charge in [-0.1, -0.05) is 0 Å². The van der Waals surface area contributed by atoms with Crippen molar-refractivity contribution >= 4 is 135 Å². The van der Waals surface area contributed by atoms with Crippen LogP contribution in [-0.2, 0) is 19.6 Å². The number of rotatable bonds is 5. The van der Waals surface area contributed by atoms with E-state index in [2.05, 4.69) is 113 Å². The van der Waals surface area contributed by atoms with Crippen LogP contribution in [0.15, 0.2) is 29.2 Å². The summed E-state index contributed by atoms with van der Waals surface area (Å²) in [7, 11) is -4.58. The Morgan fingerprint density at radius 2 is 1.32 bits per heavy atom. The molecule has 0 N–H and O–H groups in total. The Morgan fingerprint density at radius 1 is 0.857 bits per heavy atom. The topological polar surface area (TPSA) is 110 Å². The molecule has 0 saturated carbocycles. The van der Waals surface area contributed by atoms with Crippen molar-refractivity contribution in [2.75, 3.05) is 6.61 Å². The van der Waals surface area contributed by atoms with Crippen LogP contribution in [-0.4, -0.2) is 31.5 Å². The third kappa shape index (κ3) is 6.23. The molecule has 7 nitrogen and oxygen atoms in total. The highest BCUT2D eigenvalue weighted by Crippen LogP contribution is 2.34. The van der Waals surface area contributed by atoms with E-state index in [4.69, 9.17) is 9.47 Å². The third-order valence-corrected chi connectivity index (χ3v) is 13.5. The molecule has 28 heavy (non-hydrogen) atoms. The van der Waals surface area contributed by atoms with Crippen LogP contribution in [0.1, 0.15) is 10.4 Å². The largest absolute Gasteiger partial charge is 0.744 e. The van der Waals surface area contributed by atoms with Crippen molar-refractivity contribution in [3.8, 4) is 5.75 Å². The summed E-state index contributed by atoms with van der Waals surface area (Å²) in [5.41, 5.74) is 0.383. The lowest BCUT2D eigenvalue weighted by Crippen LogP contribution is -2.21. The summed E-state index contributed by atoms with van der Waals surface area (Å²) in [6.07, 6.45) is 0. The average Bonchev–Trinajstić information content (AvgIpc) is 2.63. The first-order valence-electron chi connectivity index (χ1n) is 6.88. The molecule has 0 bridgehead atoms. The van der Waals surface area contributed by atoms with Crippen molar-refractivity contribution in [3.05, 3.63) is 47.7 Å². The number of hydrogen-bond acceptors (Lipinski definition) is 7. The minimum absolute atomic E-state index is 0.0240. The molecule has 0 aliphatic heterocycles. The van der Waals surface area contributed by atoms with Gasteiger partial charge in [0, 0.05) is 17.9 Å². The van der Waals surface area contributed by atoms with E-state index in [9.17, 15) is 22.6 Å². The number of esters is 2. The first-order valence-corrected chi connectivity index (χ1v) is 13.7. The average molecular weight is 965 g/mol. The van der Waals surface area contributed by atoms with E-state index in [0.29, 0.717) is 5.56 Å². The van der Waals surface area contributed by atoms with Crippen LogP contribution in [0.4, 0.5) is 0 Å². The quantitative estimate of drug-likeness (QED) is 0.109. The summed E-state index contributed by atoms with van der Waals surface area (Å²) >= 11 is 10.6. The lowest BCUT2D eigenvalue weighted by Gasteiger charge is -2.13. The van der Waals surface area contributed by atoms with Crippen LogP contribution in [0.3, 0.4) is 0 Å². The Bertz CT molecular complexity index is 1020.